The fourth-order valence-electron chi connectivity index (χ4n) is 3.89. The molecule has 1 heterocycles. The molecule has 32 heavy (non-hydrogen) atoms. The number of nitrogens with zero attached hydrogens (tertiary/aromatic N) is 1. The van der Waals surface area contributed by atoms with Gasteiger partial charge in [0.15, 0.2) is 5.78 Å². The summed E-state index contributed by atoms with van der Waals surface area (Å²) in [4.78, 5) is 40.7. The van der Waals surface area contributed by atoms with Gasteiger partial charge in [0, 0.05) is 15.6 Å². The highest BCUT2D eigenvalue weighted by Gasteiger charge is 2.39. The van der Waals surface area contributed by atoms with Gasteiger partial charge in [0.1, 0.15) is 6.04 Å². The Hall–Kier alpha value is -3.15. The third-order valence-corrected chi connectivity index (χ3v) is 6.13. The average Bonchev–Trinajstić information content (AvgIpc) is 2.88. The molecule has 1 N–H and O–H groups in total. The average molecular weight is 467 g/mol. The summed E-state index contributed by atoms with van der Waals surface area (Å²) in [6.45, 7) is 3.29. The first-order chi connectivity index (χ1) is 15.3. The maximum atomic E-state index is 13.9. The summed E-state index contributed by atoms with van der Waals surface area (Å²) in [6.07, 6.45) is 0. The zero-order chi connectivity index (χ0) is 23.0. The van der Waals surface area contributed by atoms with Crippen molar-refractivity contribution in [3.8, 4) is 0 Å². The first-order valence-electron chi connectivity index (χ1n) is 10.1. The lowest BCUT2D eigenvalue weighted by Crippen LogP contribution is -2.40. The van der Waals surface area contributed by atoms with Gasteiger partial charge in [-0.15, -0.1) is 0 Å². The fourth-order valence-corrected chi connectivity index (χ4v) is 4.14. The third-order valence-electron chi connectivity index (χ3n) is 5.63. The van der Waals surface area contributed by atoms with Crippen molar-refractivity contribution < 1.29 is 14.4 Å². The van der Waals surface area contributed by atoms with E-state index in [2.05, 4.69) is 5.32 Å². The van der Waals surface area contributed by atoms with Crippen LogP contribution >= 0.6 is 23.2 Å². The number of benzene rings is 3. The van der Waals surface area contributed by atoms with Crippen molar-refractivity contribution in [3.05, 3.63) is 99.0 Å². The van der Waals surface area contributed by atoms with Crippen LogP contribution in [0.15, 0.2) is 66.7 Å². The lowest BCUT2D eigenvalue weighted by Gasteiger charge is -2.34. The van der Waals surface area contributed by atoms with Crippen molar-refractivity contribution >= 4 is 46.5 Å². The number of rotatable bonds is 4. The van der Waals surface area contributed by atoms with Crippen LogP contribution in [0, 0.1) is 0 Å². The Kier molecular flexibility index (Phi) is 6.04. The summed E-state index contributed by atoms with van der Waals surface area (Å²) < 4.78 is 0. The van der Waals surface area contributed by atoms with Gasteiger partial charge in [-0.3, -0.25) is 14.4 Å². The van der Waals surface area contributed by atoms with Crippen LogP contribution in [0.1, 0.15) is 57.8 Å². The van der Waals surface area contributed by atoms with Gasteiger partial charge in [-0.25, -0.2) is 0 Å². The van der Waals surface area contributed by atoms with Crippen molar-refractivity contribution in [1.29, 1.82) is 0 Å². The van der Waals surface area contributed by atoms with Crippen LogP contribution in [0.2, 0.25) is 10.0 Å². The van der Waals surface area contributed by atoms with Crippen LogP contribution in [0.3, 0.4) is 0 Å². The number of carbonyl (C=O) groups is 3. The Labute approximate surface area is 195 Å². The van der Waals surface area contributed by atoms with Gasteiger partial charge in [-0.05, 0) is 67.4 Å². The third kappa shape index (κ3) is 4.14. The first-order valence-corrected chi connectivity index (χ1v) is 10.8. The van der Waals surface area contributed by atoms with Crippen LogP contribution in [0.5, 0.6) is 0 Å². The summed E-state index contributed by atoms with van der Waals surface area (Å²) in [5, 5.41) is 3.96. The molecule has 4 rings (SSSR count). The molecule has 0 spiro atoms. The lowest BCUT2D eigenvalue weighted by molar-refractivity contribution is -0.121. The molecule has 0 aromatic heterocycles. The van der Waals surface area contributed by atoms with Gasteiger partial charge in [0.2, 0.25) is 0 Å². The number of hydrogen-bond acceptors (Lipinski definition) is 3. The van der Waals surface area contributed by atoms with Crippen molar-refractivity contribution in [1.82, 2.24) is 4.90 Å². The molecule has 7 heteroatoms. The minimum atomic E-state index is -0.904. The van der Waals surface area contributed by atoms with E-state index in [1.165, 1.54) is 17.9 Å². The SMILES string of the molecule is CC(=O)c1ccc2c(c1)C(=O)N([C@H](C)c1ccc(Cl)cc1)[C@@H](c1ccc(Cl)cc1)C(=O)N2. The van der Waals surface area contributed by atoms with E-state index < -0.39 is 12.1 Å². The van der Waals surface area contributed by atoms with Crippen molar-refractivity contribution in [3.63, 3.8) is 0 Å². The summed E-state index contributed by atoms with van der Waals surface area (Å²) in [5.74, 6) is -0.873. The molecular formula is C25H20Cl2N2O3. The smallest absolute Gasteiger partial charge is 0.257 e. The minimum Gasteiger partial charge on any atom is -0.323 e. The van der Waals surface area contributed by atoms with E-state index in [9.17, 15) is 14.4 Å². The Morgan fingerprint density at radius 1 is 0.938 bits per heavy atom. The van der Waals surface area contributed by atoms with E-state index in [-0.39, 0.29) is 23.2 Å². The molecule has 0 aliphatic carbocycles. The van der Waals surface area contributed by atoms with E-state index in [4.69, 9.17) is 23.2 Å². The van der Waals surface area contributed by atoms with E-state index in [1.54, 1.807) is 48.5 Å². The number of hydrogen-bond donors (Lipinski definition) is 1. The topological polar surface area (TPSA) is 66.5 Å². The summed E-state index contributed by atoms with van der Waals surface area (Å²) in [7, 11) is 0. The molecule has 162 valence electrons. The second-order valence-corrected chi connectivity index (χ2v) is 8.57. The molecule has 1 aliphatic rings. The second-order valence-electron chi connectivity index (χ2n) is 7.70. The zero-order valence-electron chi connectivity index (χ0n) is 17.4. The maximum Gasteiger partial charge on any atom is 0.257 e. The van der Waals surface area contributed by atoms with E-state index in [0.717, 1.165) is 5.56 Å². The van der Waals surface area contributed by atoms with Crippen molar-refractivity contribution in [2.75, 3.05) is 5.32 Å². The molecule has 0 saturated heterocycles. The van der Waals surface area contributed by atoms with Crippen LogP contribution in [0.4, 0.5) is 5.69 Å². The number of fused-ring (bicyclic) bond motifs is 1. The Morgan fingerprint density at radius 3 is 2.12 bits per heavy atom. The maximum absolute atomic E-state index is 13.9. The molecule has 0 bridgehead atoms. The Bertz CT molecular complexity index is 1210. The predicted molar refractivity (Wildman–Crippen MR) is 125 cm³/mol. The number of carbonyl (C=O) groups excluding carboxylic acids is 3. The molecule has 0 fully saturated rings. The lowest BCUT2D eigenvalue weighted by atomic mass is 9.98. The second kappa shape index (κ2) is 8.77. The number of nitrogens with one attached hydrogen (secondary N) is 1. The number of anilines is 1. The van der Waals surface area contributed by atoms with Crippen LogP contribution in [-0.2, 0) is 4.79 Å². The number of halogens is 2. The number of ketones is 1. The molecule has 3 aromatic carbocycles. The summed E-state index contributed by atoms with van der Waals surface area (Å²) in [6, 6.07) is 17.4. The Balaban J connectivity index is 1.89. The van der Waals surface area contributed by atoms with Gasteiger partial charge in [0.05, 0.1) is 17.3 Å². The number of amides is 2. The molecule has 0 unspecified atom stereocenters. The highest BCUT2D eigenvalue weighted by Crippen LogP contribution is 2.38. The molecule has 3 aromatic rings. The molecule has 1 aliphatic heterocycles. The molecule has 0 radical (unpaired) electrons. The normalized spacial score (nSPS) is 16.8. The van der Waals surface area contributed by atoms with Crippen molar-refractivity contribution in [2.45, 2.75) is 25.9 Å². The number of Topliss-reactive ketones (excluding diaryl/α,β-unsaturated/α-hetero) is 1. The largest absolute Gasteiger partial charge is 0.323 e. The van der Waals surface area contributed by atoms with E-state index >= 15 is 0 Å². The van der Waals surface area contributed by atoms with Gasteiger partial charge in [0.25, 0.3) is 11.8 Å². The van der Waals surface area contributed by atoms with Crippen LogP contribution < -0.4 is 5.32 Å². The standard InChI is InChI=1S/C25H20Cl2N2O3/c1-14(16-3-8-19(26)9-4-16)29-23(17-5-10-20(27)11-6-17)24(31)28-22-12-7-18(15(2)30)13-21(22)25(29)32/h3-14,23H,1-2H3,(H,28,31)/t14-,23+/m1/s1. The fraction of sp³-hybridized carbons (Fsp3) is 0.160. The van der Waals surface area contributed by atoms with Crippen molar-refractivity contribution in [2.24, 2.45) is 0 Å². The minimum absolute atomic E-state index is 0.164. The van der Waals surface area contributed by atoms with E-state index in [0.29, 0.717) is 26.9 Å². The molecule has 5 nitrogen and oxygen atoms in total. The highest BCUT2D eigenvalue weighted by molar-refractivity contribution is 6.30. The van der Waals surface area contributed by atoms with Gasteiger partial charge >= 0.3 is 0 Å². The van der Waals surface area contributed by atoms with E-state index in [1.807, 2.05) is 19.1 Å². The summed E-state index contributed by atoms with van der Waals surface area (Å²) >= 11 is 12.1. The Morgan fingerprint density at radius 2 is 1.53 bits per heavy atom. The highest BCUT2D eigenvalue weighted by atomic mass is 35.5. The quantitative estimate of drug-likeness (QED) is 0.472. The van der Waals surface area contributed by atoms with Crippen LogP contribution in [-0.4, -0.2) is 22.5 Å². The molecule has 0 saturated carbocycles. The zero-order valence-corrected chi connectivity index (χ0v) is 18.9. The van der Waals surface area contributed by atoms with Gasteiger partial charge in [-0.1, -0.05) is 47.5 Å². The summed E-state index contributed by atoms with van der Waals surface area (Å²) in [5.41, 5.74) is 2.48. The van der Waals surface area contributed by atoms with Gasteiger partial charge < -0.3 is 10.2 Å². The van der Waals surface area contributed by atoms with Gasteiger partial charge in [-0.2, -0.15) is 0 Å². The molecule has 2 amide bonds. The molecule has 2 atom stereocenters. The molecular weight excluding hydrogens is 447 g/mol. The monoisotopic (exact) mass is 466 g/mol. The first kappa shape index (κ1) is 22.1. The predicted octanol–water partition coefficient (Wildman–Crippen LogP) is 6.09. The van der Waals surface area contributed by atoms with Crippen LogP contribution in [0.25, 0.3) is 0 Å².